The summed E-state index contributed by atoms with van der Waals surface area (Å²) in [5.74, 6) is 1.32. The highest BCUT2D eigenvalue weighted by atomic mass is 15.3. The monoisotopic (exact) mass is 373 g/mol. The van der Waals surface area contributed by atoms with Gasteiger partial charge in [0, 0.05) is 62.0 Å². The van der Waals surface area contributed by atoms with Crippen molar-refractivity contribution in [2.24, 2.45) is 7.05 Å². The third-order valence-corrected chi connectivity index (χ3v) is 5.40. The summed E-state index contributed by atoms with van der Waals surface area (Å²) in [7, 11) is 1.96. The largest absolute Gasteiger partial charge is 0.298 e. The Bertz CT molecular complexity index is 1080. The predicted molar refractivity (Wildman–Crippen MR) is 107 cm³/mol. The van der Waals surface area contributed by atoms with Gasteiger partial charge in [-0.25, -0.2) is 9.50 Å². The number of nitrogens with zero attached hydrogens (tertiary/aromatic N) is 7. The van der Waals surface area contributed by atoms with Gasteiger partial charge in [0.1, 0.15) is 0 Å². The van der Waals surface area contributed by atoms with Crippen molar-refractivity contribution >= 4 is 5.65 Å². The van der Waals surface area contributed by atoms with Crippen molar-refractivity contribution in [1.82, 2.24) is 34.3 Å². The fraction of sp³-hybridized carbons (Fsp3) is 0.333. The average molecular weight is 373 g/mol. The highest BCUT2D eigenvalue weighted by Crippen LogP contribution is 2.27. The van der Waals surface area contributed by atoms with Crippen LogP contribution < -0.4 is 0 Å². The van der Waals surface area contributed by atoms with Crippen molar-refractivity contribution in [2.75, 3.05) is 13.1 Å². The third-order valence-electron chi connectivity index (χ3n) is 5.40. The maximum Gasteiger partial charge on any atom is 0.156 e. The van der Waals surface area contributed by atoms with E-state index in [-0.39, 0.29) is 0 Å². The van der Waals surface area contributed by atoms with Gasteiger partial charge in [-0.3, -0.25) is 14.6 Å². The fourth-order valence-electron chi connectivity index (χ4n) is 4.01. The zero-order chi connectivity index (χ0) is 18.9. The Morgan fingerprint density at radius 2 is 1.96 bits per heavy atom. The summed E-state index contributed by atoms with van der Waals surface area (Å²) in [6.45, 7) is 3.04. The molecule has 0 saturated carbocycles. The summed E-state index contributed by atoms with van der Waals surface area (Å²) < 4.78 is 3.77. The van der Waals surface area contributed by atoms with Gasteiger partial charge in [0.2, 0.25) is 0 Å². The molecule has 1 fully saturated rings. The van der Waals surface area contributed by atoms with E-state index in [9.17, 15) is 0 Å². The van der Waals surface area contributed by atoms with Crippen LogP contribution in [0.1, 0.15) is 30.1 Å². The number of aryl methyl sites for hydroxylation is 1. The van der Waals surface area contributed by atoms with E-state index in [4.69, 9.17) is 10.1 Å². The van der Waals surface area contributed by atoms with Gasteiger partial charge in [-0.1, -0.05) is 0 Å². The summed E-state index contributed by atoms with van der Waals surface area (Å²) >= 11 is 0. The van der Waals surface area contributed by atoms with Gasteiger partial charge in [-0.15, -0.1) is 0 Å². The first-order valence-corrected chi connectivity index (χ1v) is 9.71. The summed E-state index contributed by atoms with van der Waals surface area (Å²) in [6, 6.07) is 8.16. The summed E-state index contributed by atoms with van der Waals surface area (Å²) in [5.41, 5.74) is 4.41. The molecule has 0 bridgehead atoms. The molecule has 4 aromatic heterocycles. The van der Waals surface area contributed by atoms with Crippen LogP contribution in [0.25, 0.3) is 16.8 Å². The van der Waals surface area contributed by atoms with Crippen LogP contribution in [0.2, 0.25) is 0 Å². The van der Waals surface area contributed by atoms with E-state index >= 15 is 0 Å². The first kappa shape index (κ1) is 17.1. The second-order valence-corrected chi connectivity index (χ2v) is 7.52. The van der Waals surface area contributed by atoms with Crippen LogP contribution in [0.5, 0.6) is 0 Å². The summed E-state index contributed by atoms with van der Waals surface area (Å²) in [6.07, 6.45) is 12.0. The molecule has 7 heteroatoms. The Balaban J connectivity index is 1.36. The van der Waals surface area contributed by atoms with E-state index in [0.717, 1.165) is 48.7 Å². The minimum absolute atomic E-state index is 0.370. The molecule has 0 aromatic carbocycles. The second kappa shape index (κ2) is 7.16. The topological polar surface area (TPSA) is 64.1 Å². The fourth-order valence-corrected chi connectivity index (χ4v) is 4.01. The number of piperidine rings is 1. The van der Waals surface area contributed by atoms with Crippen LogP contribution in [0.15, 0.2) is 55.2 Å². The number of hydrogen-bond acceptors (Lipinski definition) is 5. The molecule has 0 N–H and O–H groups in total. The van der Waals surface area contributed by atoms with Gasteiger partial charge >= 0.3 is 0 Å². The SMILES string of the molecule is Cn1cc(CN2CCC[C@H](c3nc4ccc(-c5ccncc5)cn4n3)C2)cn1. The molecule has 1 saturated heterocycles. The number of aromatic nitrogens is 6. The van der Waals surface area contributed by atoms with Gasteiger partial charge in [0.25, 0.3) is 0 Å². The molecule has 0 amide bonds. The van der Waals surface area contributed by atoms with E-state index in [1.54, 1.807) is 0 Å². The lowest BCUT2D eigenvalue weighted by molar-refractivity contribution is 0.196. The predicted octanol–water partition coefficient (Wildman–Crippen LogP) is 2.90. The highest BCUT2D eigenvalue weighted by Gasteiger charge is 2.25. The molecule has 0 aliphatic carbocycles. The molecule has 0 unspecified atom stereocenters. The van der Waals surface area contributed by atoms with Gasteiger partial charge in [0.15, 0.2) is 11.5 Å². The number of fused-ring (bicyclic) bond motifs is 1. The molecule has 142 valence electrons. The maximum atomic E-state index is 4.81. The van der Waals surface area contributed by atoms with Gasteiger partial charge in [-0.2, -0.15) is 10.2 Å². The van der Waals surface area contributed by atoms with E-state index < -0.39 is 0 Å². The smallest absolute Gasteiger partial charge is 0.156 e. The van der Waals surface area contributed by atoms with Crippen LogP contribution in [0, 0.1) is 0 Å². The van der Waals surface area contributed by atoms with E-state index in [1.165, 1.54) is 12.0 Å². The van der Waals surface area contributed by atoms with Crippen molar-refractivity contribution in [1.29, 1.82) is 0 Å². The quantitative estimate of drug-likeness (QED) is 0.550. The first-order chi connectivity index (χ1) is 13.7. The average Bonchev–Trinajstić information content (AvgIpc) is 3.34. The third kappa shape index (κ3) is 3.41. The lowest BCUT2D eigenvalue weighted by atomic mass is 9.97. The molecular formula is C21H23N7. The molecule has 7 nitrogen and oxygen atoms in total. The Labute approximate surface area is 163 Å². The zero-order valence-corrected chi connectivity index (χ0v) is 15.9. The van der Waals surface area contributed by atoms with Gasteiger partial charge in [-0.05, 0) is 49.2 Å². The Kier molecular flexibility index (Phi) is 4.37. The highest BCUT2D eigenvalue weighted by molar-refractivity contribution is 5.63. The van der Waals surface area contributed by atoms with Crippen molar-refractivity contribution in [3.05, 3.63) is 66.6 Å². The molecule has 4 aromatic rings. The standard InChI is InChI=1S/C21H23N7/c1-26-12-16(11-23-26)13-27-10-2-3-19(14-27)21-24-20-5-4-18(15-28(20)25-21)17-6-8-22-9-7-17/h4-9,11-12,15,19H,2-3,10,13-14H2,1H3/t19-/m0/s1. The van der Waals surface area contributed by atoms with E-state index in [2.05, 4.69) is 33.4 Å². The Morgan fingerprint density at radius 3 is 2.79 bits per heavy atom. The van der Waals surface area contributed by atoms with Crippen molar-refractivity contribution in [3.63, 3.8) is 0 Å². The Hall–Kier alpha value is -3.06. The van der Waals surface area contributed by atoms with Crippen LogP contribution in [0.4, 0.5) is 0 Å². The maximum absolute atomic E-state index is 4.81. The van der Waals surface area contributed by atoms with Crippen molar-refractivity contribution in [3.8, 4) is 11.1 Å². The summed E-state index contributed by atoms with van der Waals surface area (Å²) in [5, 5.41) is 9.09. The van der Waals surface area contributed by atoms with Crippen molar-refractivity contribution < 1.29 is 0 Å². The normalized spacial score (nSPS) is 18.0. The summed E-state index contributed by atoms with van der Waals surface area (Å²) in [4.78, 5) is 11.4. The molecule has 1 aliphatic heterocycles. The second-order valence-electron chi connectivity index (χ2n) is 7.52. The van der Waals surface area contributed by atoms with Crippen molar-refractivity contribution in [2.45, 2.75) is 25.3 Å². The molecule has 1 aliphatic rings. The van der Waals surface area contributed by atoms with Crippen LogP contribution in [0.3, 0.4) is 0 Å². The minimum Gasteiger partial charge on any atom is -0.298 e. The number of rotatable bonds is 4. The van der Waals surface area contributed by atoms with Crippen LogP contribution in [-0.4, -0.2) is 47.4 Å². The van der Waals surface area contributed by atoms with Gasteiger partial charge < -0.3 is 0 Å². The molecule has 0 radical (unpaired) electrons. The van der Waals surface area contributed by atoms with Gasteiger partial charge in [0.05, 0.1) is 6.20 Å². The van der Waals surface area contributed by atoms with Crippen LogP contribution >= 0.6 is 0 Å². The molecule has 5 heterocycles. The lowest BCUT2D eigenvalue weighted by Gasteiger charge is -2.30. The zero-order valence-electron chi connectivity index (χ0n) is 15.9. The number of likely N-dealkylation sites (tertiary alicyclic amines) is 1. The lowest BCUT2D eigenvalue weighted by Crippen LogP contribution is -2.34. The first-order valence-electron chi connectivity index (χ1n) is 9.71. The minimum atomic E-state index is 0.370. The number of hydrogen-bond donors (Lipinski definition) is 0. The Morgan fingerprint density at radius 1 is 1.07 bits per heavy atom. The van der Waals surface area contributed by atoms with E-state index in [0.29, 0.717) is 5.92 Å². The molecule has 5 rings (SSSR count). The molecule has 1 atom stereocenters. The van der Waals surface area contributed by atoms with Crippen LogP contribution in [-0.2, 0) is 13.6 Å². The molecule has 0 spiro atoms. The van der Waals surface area contributed by atoms with E-state index in [1.807, 2.05) is 53.0 Å². The molecular weight excluding hydrogens is 350 g/mol. The number of pyridine rings is 2. The molecule has 28 heavy (non-hydrogen) atoms.